The SMILES string of the molecule is CCOC(=O)[C@@H]1COC(CP(CC2=N[C@@H](C(=O)OCC)CO2)C2CCCCC2)=N1. The Bertz CT molecular complexity index is 601. The number of nitrogens with zero attached hydrogens (tertiary/aromatic N) is 2. The summed E-state index contributed by atoms with van der Waals surface area (Å²) in [6.07, 6.45) is 7.56. The molecule has 0 N–H and O–H groups in total. The fraction of sp³-hybridized carbons (Fsp3) is 0.800. The Balaban J connectivity index is 1.64. The van der Waals surface area contributed by atoms with Crippen LogP contribution in [0.15, 0.2) is 9.98 Å². The van der Waals surface area contributed by atoms with Crippen LogP contribution in [0.1, 0.15) is 46.0 Å². The lowest BCUT2D eigenvalue weighted by atomic mass is 10.0. The maximum atomic E-state index is 11.9. The standard InChI is InChI=1S/C20H31N2O6P/c1-3-25-19(23)15-10-27-17(21-15)12-29(14-8-6-5-7-9-14)13-18-22-16(11-28-18)20(24)26-4-2/h14-16H,3-13H2,1-2H3/t15-,16+,29?. The van der Waals surface area contributed by atoms with E-state index in [0.29, 0.717) is 43.0 Å². The minimum absolute atomic E-state index is 0.254. The smallest absolute Gasteiger partial charge is 0.334 e. The van der Waals surface area contributed by atoms with Crippen LogP contribution in [0, 0.1) is 0 Å². The van der Waals surface area contributed by atoms with Gasteiger partial charge in [0.05, 0.1) is 13.2 Å². The second-order valence-corrected chi connectivity index (χ2v) is 9.94. The van der Waals surface area contributed by atoms with E-state index >= 15 is 0 Å². The zero-order chi connectivity index (χ0) is 20.6. The molecule has 0 spiro atoms. The summed E-state index contributed by atoms with van der Waals surface area (Å²) < 4.78 is 21.5. The van der Waals surface area contributed by atoms with Crippen LogP contribution in [-0.2, 0) is 28.5 Å². The van der Waals surface area contributed by atoms with E-state index in [1.54, 1.807) is 13.8 Å². The molecule has 0 amide bonds. The summed E-state index contributed by atoms with van der Waals surface area (Å²) in [5.74, 6) is 0.621. The molecule has 162 valence electrons. The van der Waals surface area contributed by atoms with Gasteiger partial charge in [-0.05, 0) is 32.3 Å². The van der Waals surface area contributed by atoms with Crippen molar-refractivity contribution in [2.75, 3.05) is 38.8 Å². The molecule has 3 aliphatic rings. The summed E-state index contributed by atoms with van der Waals surface area (Å²) in [5, 5.41) is 0. The molecule has 0 aromatic rings. The molecule has 0 saturated heterocycles. The number of esters is 2. The van der Waals surface area contributed by atoms with E-state index in [1.807, 2.05) is 0 Å². The largest absolute Gasteiger partial charge is 0.478 e. The Kier molecular flexibility index (Phi) is 8.28. The van der Waals surface area contributed by atoms with Gasteiger partial charge in [-0.2, -0.15) is 0 Å². The molecule has 0 bridgehead atoms. The molecular formula is C20H31N2O6P. The van der Waals surface area contributed by atoms with Crippen molar-refractivity contribution >= 4 is 31.7 Å². The molecule has 29 heavy (non-hydrogen) atoms. The van der Waals surface area contributed by atoms with Crippen molar-refractivity contribution in [2.45, 2.75) is 63.7 Å². The van der Waals surface area contributed by atoms with Crippen molar-refractivity contribution in [3.8, 4) is 0 Å². The van der Waals surface area contributed by atoms with Gasteiger partial charge in [-0.3, -0.25) is 0 Å². The third-order valence-electron chi connectivity index (χ3n) is 5.30. The highest BCUT2D eigenvalue weighted by Gasteiger charge is 2.34. The first kappa shape index (κ1) is 22.0. The highest BCUT2D eigenvalue weighted by atomic mass is 31.1. The lowest BCUT2D eigenvalue weighted by Crippen LogP contribution is -2.22. The lowest BCUT2D eigenvalue weighted by molar-refractivity contribution is -0.145. The Hall–Kier alpha value is -1.69. The van der Waals surface area contributed by atoms with Crippen LogP contribution in [0.3, 0.4) is 0 Å². The number of hydrogen-bond acceptors (Lipinski definition) is 8. The van der Waals surface area contributed by atoms with Crippen molar-refractivity contribution < 1.29 is 28.5 Å². The van der Waals surface area contributed by atoms with Gasteiger partial charge in [-0.25, -0.2) is 19.6 Å². The first-order valence-electron chi connectivity index (χ1n) is 10.6. The van der Waals surface area contributed by atoms with Crippen molar-refractivity contribution in [3.63, 3.8) is 0 Å². The fourth-order valence-electron chi connectivity index (χ4n) is 3.85. The van der Waals surface area contributed by atoms with Crippen molar-refractivity contribution in [1.29, 1.82) is 0 Å². The van der Waals surface area contributed by atoms with E-state index in [-0.39, 0.29) is 25.2 Å². The van der Waals surface area contributed by atoms with Crippen LogP contribution < -0.4 is 0 Å². The van der Waals surface area contributed by atoms with Gasteiger partial charge in [0.15, 0.2) is 23.9 Å². The highest BCUT2D eigenvalue weighted by molar-refractivity contribution is 7.60. The van der Waals surface area contributed by atoms with Gasteiger partial charge in [0.25, 0.3) is 0 Å². The van der Waals surface area contributed by atoms with Gasteiger partial charge < -0.3 is 18.9 Å². The topological polar surface area (TPSA) is 95.8 Å². The number of ether oxygens (including phenoxy) is 4. The normalized spacial score (nSPS) is 25.4. The summed E-state index contributed by atoms with van der Waals surface area (Å²) >= 11 is 0. The third kappa shape index (κ3) is 6.14. The molecule has 1 aliphatic carbocycles. The van der Waals surface area contributed by atoms with E-state index in [0.717, 1.165) is 0 Å². The van der Waals surface area contributed by atoms with E-state index in [4.69, 9.17) is 18.9 Å². The second-order valence-electron chi connectivity index (χ2n) is 7.40. The maximum Gasteiger partial charge on any atom is 0.334 e. The fourth-order valence-corrected chi connectivity index (χ4v) is 6.61. The maximum absolute atomic E-state index is 11.9. The number of carbonyl (C=O) groups is 2. The molecule has 1 fully saturated rings. The Labute approximate surface area is 173 Å². The van der Waals surface area contributed by atoms with Gasteiger partial charge in [0, 0.05) is 12.3 Å². The van der Waals surface area contributed by atoms with Gasteiger partial charge in [-0.1, -0.05) is 27.2 Å². The zero-order valence-corrected chi connectivity index (χ0v) is 18.2. The molecule has 8 nitrogen and oxygen atoms in total. The molecule has 9 heteroatoms. The summed E-state index contributed by atoms with van der Waals surface area (Å²) in [7, 11) is -0.509. The zero-order valence-electron chi connectivity index (χ0n) is 17.3. The van der Waals surface area contributed by atoms with E-state index in [2.05, 4.69) is 9.98 Å². The Morgan fingerprint density at radius 1 is 0.897 bits per heavy atom. The van der Waals surface area contributed by atoms with Gasteiger partial charge in [0.2, 0.25) is 0 Å². The van der Waals surface area contributed by atoms with Gasteiger partial charge >= 0.3 is 11.9 Å². The molecule has 0 aromatic carbocycles. The summed E-state index contributed by atoms with van der Waals surface area (Å²) in [5.41, 5.74) is 0.597. The first-order valence-corrected chi connectivity index (χ1v) is 12.3. The van der Waals surface area contributed by atoms with Crippen LogP contribution in [0.4, 0.5) is 0 Å². The molecule has 0 radical (unpaired) electrons. The number of hydrogen-bond donors (Lipinski definition) is 0. The molecule has 2 aliphatic heterocycles. The average Bonchev–Trinajstić information content (AvgIpc) is 3.38. The van der Waals surface area contributed by atoms with Crippen LogP contribution >= 0.6 is 7.92 Å². The molecule has 0 aromatic heterocycles. The Morgan fingerprint density at radius 2 is 1.38 bits per heavy atom. The van der Waals surface area contributed by atoms with Crippen LogP contribution in [0.2, 0.25) is 0 Å². The van der Waals surface area contributed by atoms with E-state index < -0.39 is 20.0 Å². The van der Waals surface area contributed by atoms with E-state index in [1.165, 1.54) is 32.1 Å². The van der Waals surface area contributed by atoms with Crippen LogP contribution in [-0.4, -0.2) is 80.2 Å². The van der Waals surface area contributed by atoms with Gasteiger partial charge in [-0.15, -0.1) is 0 Å². The third-order valence-corrected chi connectivity index (χ3v) is 8.20. The number of aliphatic imine (C=N–C) groups is 2. The summed E-state index contributed by atoms with van der Waals surface area (Å²) in [4.78, 5) is 32.8. The lowest BCUT2D eigenvalue weighted by Gasteiger charge is -2.30. The average molecular weight is 426 g/mol. The molecule has 1 unspecified atom stereocenters. The second kappa shape index (κ2) is 10.9. The van der Waals surface area contributed by atoms with Crippen molar-refractivity contribution in [3.05, 3.63) is 0 Å². The summed E-state index contributed by atoms with van der Waals surface area (Å²) in [6, 6.07) is -1.11. The molecule has 2 heterocycles. The monoisotopic (exact) mass is 426 g/mol. The predicted octanol–water partition coefficient (Wildman–Crippen LogP) is 2.52. The molecule has 3 atom stereocenters. The Morgan fingerprint density at radius 3 is 1.83 bits per heavy atom. The van der Waals surface area contributed by atoms with E-state index in [9.17, 15) is 9.59 Å². The molecule has 3 rings (SSSR count). The van der Waals surface area contributed by atoms with Crippen LogP contribution in [0.5, 0.6) is 0 Å². The van der Waals surface area contributed by atoms with Gasteiger partial charge in [0.1, 0.15) is 13.2 Å². The van der Waals surface area contributed by atoms with Crippen LogP contribution in [0.25, 0.3) is 0 Å². The van der Waals surface area contributed by atoms with Crippen molar-refractivity contribution in [2.24, 2.45) is 9.98 Å². The number of carbonyl (C=O) groups excluding carboxylic acids is 2. The molecular weight excluding hydrogens is 395 g/mol. The highest BCUT2D eigenvalue weighted by Crippen LogP contribution is 2.48. The molecule has 1 saturated carbocycles. The minimum atomic E-state index is -0.554. The minimum Gasteiger partial charge on any atom is -0.478 e. The first-order chi connectivity index (χ1) is 14.1. The predicted molar refractivity (Wildman–Crippen MR) is 111 cm³/mol. The van der Waals surface area contributed by atoms with Crippen molar-refractivity contribution in [1.82, 2.24) is 0 Å². The quantitative estimate of drug-likeness (QED) is 0.415. The summed E-state index contributed by atoms with van der Waals surface area (Å²) in [6.45, 7) is 4.76. The number of rotatable bonds is 9.